The monoisotopic (exact) mass is 264 g/mol. The average Bonchev–Trinajstić information content (AvgIpc) is 2.70. The highest BCUT2D eigenvalue weighted by Gasteiger charge is 2.40. The number of ether oxygens (including phenoxy) is 1. The van der Waals surface area contributed by atoms with Gasteiger partial charge in [0.1, 0.15) is 11.6 Å². The largest absolute Gasteiger partial charge is 0.444 e. The maximum atomic E-state index is 12.0. The molecule has 6 nitrogen and oxygen atoms in total. The Labute approximate surface area is 111 Å². The first kappa shape index (κ1) is 13.3. The van der Waals surface area contributed by atoms with Crippen molar-refractivity contribution in [3.05, 3.63) is 30.1 Å². The number of aromatic nitrogens is 1. The van der Waals surface area contributed by atoms with Crippen LogP contribution >= 0.6 is 0 Å². The number of amides is 1. The third kappa shape index (κ3) is 3.21. The second-order valence-corrected chi connectivity index (χ2v) is 5.28. The number of hydrogen-bond acceptors (Lipinski definition) is 5. The standard InChI is InChI=1S/C13H16N2O4/c1-13(2,3)18-12(17)15-10(7-11(16)19-15)9-5-4-6-14-8-9/h4-6,8,10H,7H2,1-3H3. The van der Waals surface area contributed by atoms with E-state index in [4.69, 9.17) is 9.57 Å². The Morgan fingerprint density at radius 1 is 1.53 bits per heavy atom. The summed E-state index contributed by atoms with van der Waals surface area (Å²) in [5.74, 6) is -0.459. The molecule has 1 atom stereocenters. The first-order valence-corrected chi connectivity index (χ1v) is 6.00. The Morgan fingerprint density at radius 2 is 2.26 bits per heavy atom. The van der Waals surface area contributed by atoms with Crippen LogP contribution in [0.5, 0.6) is 0 Å². The van der Waals surface area contributed by atoms with E-state index in [9.17, 15) is 9.59 Å². The Bertz CT molecular complexity index is 481. The lowest BCUT2D eigenvalue weighted by atomic mass is 10.1. The molecule has 1 aliphatic rings. The summed E-state index contributed by atoms with van der Waals surface area (Å²) in [6.07, 6.45) is 2.65. The van der Waals surface area contributed by atoms with Gasteiger partial charge in [-0.05, 0) is 32.4 Å². The molecule has 0 spiro atoms. The first-order chi connectivity index (χ1) is 8.87. The third-order valence-corrected chi connectivity index (χ3v) is 2.49. The highest BCUT2D eigenvalue weighted by atomic mass is 16.8. The molecule has 1 aliphatic heterocycles. The molecule has 1 unspecified atom stereocenters. The molecule has 0 saturated carbocycles. The number of hydroxylamine groups is 2. The summed E-state index contributed by atoms with van der Waals surface area (Å²) in [5, 5.41) is 0.977. The molecule has 1 fully saturated rings. The van der Waals surface area contributed by atoms with Gasteiger partial charge < -0.3 is 9.57 Å². The van der Waals surface area contributed by atoms with Gasteiger partial charge in [0.05, 0.1) is 6.42 Å². The summed E-state index contributed by atoms with van der Waals surface area (Å²) in [5.41, 5.74) is 0.0881. The number of nitrogens with zero attached hydrogens (tertiary/aromatic N) is 2. The molecule has 0 N–H and O–H groups in total. The summed E-state index contributed by atoms with van der Waals surface area (Å²) in [6.45, 7) is 5.26. The molecular weight excluding hydrogens is 248 g/mol. The number of hydrogen-bond donors (Lipinski definition) is 0. The van der Waals surface area contributed by atoms with Gasteiger partial charge in [-0.1, -0.05) is 6.07 Å². The van der Waals surface area contributed by atoms with Crippen LogP contribution in [0, 0.1) is 0 Å². The van der Waals surface area contributed by atoms with Gasteiger partial charge in [0.25, 0.3) is 0 Å². The second kappa shape index (κ2) is 4.87. The minimum Gasteiger partial charge on any atom is -0.442 e. The molecular formula is C13H16N2O4. The van der Waals surface area contributed by atoms with Crippen LogP contribution in [0.2, 0.25) is 0 Å². The lowest BCUT2D eigenvalue weighted by Crippen LogP contribution is -2.35. The smallest absolute Gasteiger partial charge is 0.442 e. The highest BCUT2D eigenvalue weighted by Crippen LogP contribution is 2.31. The van der Waals surface area contributed by atoms with Gasteiger partial charge in [-0.25, -0.2) is 9.59 Å². The van der Waals surface area contributed by atoms with E-state index in [-0.39, 0.29) is 6.42 Å². The fraction of sp³-hybridized carbons (Fsp3) is 0.462. The van der Waals surface area contributed by atoms with Gasteiger partial charge in [0.15, 0.2) is 0 Å². The van der Waals surface area contributed by atoms with E-state index in [0.29, 0.717) is 0 Å². The molecule has 102 valence electrons. The van der Waals surface area contributed by atoms with Gasteiger partial charge in [0, 0.05) is 12.4 Å². The summed E-state index contributed by atoms with van der Waals surface area (Å²) in [7, 11) is 0. The molecule has 1 aromatic heterocycles. The minimum absolute atomic E-state index is 0.102. The quantitative estimate of drug-likeness (QED) is 0.778. The third-order valence-electron chi connectivity index (χ3n) is 2.49. The fourth-order valence-electron chi connectivity index (χ4n) is 1.75. The van der Waals surface area contributed by atoms with Crippen molar-refractivity contribution in [2.45, 2.75) is 38.8 Å². The molecule has 1 amide bonds. The predicted molar refractivity (Wildman–Crippen MR) is 65.8 cm³/mol. The lowest BCUT2D eigenvalue weighted by Gasteiger charge is -2.25. The van der Waals surface area contributed by atoms with E-state index in [1.165, 1.54) is 0 Å². The van der Waals surface area contributed by atoms with Crippen LogP contribution in [0.3, 0.4) is 0 Å². The van der Waals surface area contributed by atoms with Crippen LogP contribution in [-0.2, 0) is 14.4 Å². The molecule has 2 rings (SSSR count). The minimum atomic E-state index is -0.674. The molecule has 0 radical (unpaired) electrons. The van der Waals surface area contributed by atoms with Crippen molar-refractivity contribution in [1.82, 2.24) is 10.0 Å². The van der Waals surface area contributed by atoms with Gasteiger partial charge in [-0.2, -0.15) is 0 Å². The Hall–Kier alpha value is -2.11. The van der Waals surface area contributed by atoms with Crippen molar-refractivity contribution < 1.29 is 19.2 Å². The molecule has 19 heavy (non-hydrogen) atoms. The predicted octanol–water partition coefficient (Wildman–Crippen LogP) is 2.22. The number of rotatable bonds is 1. The van der Waals surface area contributed by atoms with Gasteiger partial charge in [-0.15, -0.1) is 5.06 Å². The van der Waals surface area contributed by atoms with Gasteiger partial charge in [0.2, 0.25) is 0 Å². The van der Waals surface area contributed by atoms with Gasteiger partial charge >= 0.3 is 12.1 Å². The van der Waals surface area contributed by atoms with Crippen molar-refractivity contribution in [3.63, 3.8) is 0 Å². The second-order valence-electron chi connectivity index (χ2n) is 5.28. The molecule has 2 heterocycles. The Morgan fingerprint density at radius 3 is 2.84 bits per heavy atom. The van der Waals surface area contributed by atoms with Crippen LogP contribution in [-0.4, -0.2) is 27.7 Å². The SMILES string of the molecule is CC(C)(C)OC(=O)N1OC(=O)CC1c1cccnc1. The summed E-state index contributed by atoms with van der Waals surface area (Å²) >= 11 is 0. The highest BCUT2D eigenvalue weighted by molar-refractivity contribution is 5.78. The number of pyridine rings is 1. The first-order valence-electron chi connectivity index (χ1n) is 6.00. The van der Waals surface area contributed by atoms with Crippen LogP contribution in [0.15, 0.2) is 24.5 Å². The van der Waals surface area contributed by atoms with Crippen molar-refractivity contribution in [2.75, 3.05) is 0 Å². The van der Waals surface area contributed by atoms with Crippen LogP contribution in [0.1, 0.15) is 38.8 Å². The van der Waals surface area contributed by atoms with Crippen molar-refractivity contribution >= 4 is 12.1 Å². The van der Waals surface area contributed by atoms with Gasteiger partial charge in [-0.3, -0.25) is 4.98 Å². The van der Waals surface area contributed by atoms with Crippen LogP contribution in [0.4, 0.5) is 4.79 Å². The molecule has 0 aromatic carbocycles. The molecule has 0 bridgehead atoms. The van der Waals surface area contributed by atoms with Crippen molar-refractivity contribution in [2.24, 2.45) is 0 Å². The number of carbonyl (C=O) groups is 2. The number of carbonyl (C=O) groups excluding carboxylic acids is 2. The topological polar surface area (TPSA) is 68.7 Å². The maximum Gasteiger partial charge on any atom is 0.444 e. The molecule has 6 heteroatoms. The summed E-state index contributed by atoms with van der Waals surface area (Å²) in [6, 6.07) is 3.04. The Kier molecular flexibility index (Phi) is 3.42. The zero-order valence-corrected chi connectivity index (χ0v) is 11.1. The van der Waals surface area contributed by atoms with Crippen molar-refractivity contribution in [3.8, 4) is 0 Å². The Balaban J connectivity index is 2.19. The van der Waals surface area contributed by atoms with Crippen LogP contribution in [0.25, 0.3) is 0 Å². The van der Waals surface area contributed by atoms with Crippen molar-refractivity contribution in [1.29, 1.82) is 0 Å². The summed E-state index contributed by atoms with van der Waals surface area (Å²) < 4.78 is 5.21. The van der Waals surface area contributed by atoms with E-state index in [1.54, 1.807) is 45.3 Å². The average molecular weight is 264 g/mol. The van der Waals surface area contributed by atoms with E-state index < -0.39 is 23.7 Å². The maximum absolute atomic E-state index is 12.0. The van der Waals surface area contributed by atoms with E-state index in [1.807, 2.05) is 0 Å². The van der Waals surface area contributed by atoms with E-state index in [0.717, 1.165) is 10.6 Å². The zero-order valence-electron chi connectivity index (χ0n) is 11.1. The summed E-state index contributed by atoms with van der Waals surface area (Å²) in [4.78, 5) is 32.3. The molecule has 1 aromatic rings. The zero-order chi connectivity index (χ0) is 14.0. The van der Waals surface area contributed by atoms with E-state index in [2.05, 4.69) is 4.98 Å². The molecule has 0 aliphatic carbocycles. The normalized spacial score (nSPS) is 19.2. The molecule has 1 saturated heterocycles. The fourth-order valence-corrected chi connectivity index (χ4v) is 1.75. The van der Waals surface area contributed by atoms with E-state index >= 15 is 0 Å². The van der Waals surface area contributed by atoms with Crippen LogP contribution < -0.4 is 0 Å². The lowest BCUT2D eigenvalue weighted by molar-refractivity contribution is -0.170.